The van der Waals surface area contributed by atoms with E-state index in [4.69, 9.17) is 5.73 Å². The summed E-state index contributed by atoms with van der Waals surface area (Å²) in [6.45, 7) is 0. The molecule has 0 aliphatic heterocycles. The molecule has 0 fully saturated rings. The standard InChI is InChI=1S/C14H13NO3S/c15-11-7-14(18,10-4-2-1-3-8(10)11)12-9(13(16)17)5-6-19-12/h1-6,11,18H,7,15H2,(H,16,17). The van der Waals surface area contributed by atoms with Crippen LogP contribution in [0.3, 0.4) is 0 Å². The zero-order chi connectivity index (χ0) is 13.6. The molecule has 0 saturated heterocycles. The Bertz CT molecular complexity index is 652. The van der Waals surface area contributed by atoms with Gasteiger partial charge in [0, 0.05) is 12.5 Å². The molecule has 1 aliphatic rings. The lowest BCUT2D eigenvalue weighted by Crippen LogP contribution is -2.26. The minimum absolute atomic E-state index is 0.149. The molecule has 19 heavy (non-hydrogen) atoms. The third kappa shape index (κ3) is 1.70. The van der Waals surface area contributed by atoms with E-state index in [1.807, 2.05) is 24.3 Å². The molecule has 0 saturated carbocycles. The summed E-state index contributed by atoms with van der Waals surface area (Å²) in [5.41, 5.74) is 6.51. The van der Waals surface area contributed by atoms with Crippen molar-refractivity contribution < 1.29 is 15.0 Å². The second-order valence-electron chi connectivity index (χ2n) is 4.73. The molecule has 1 aromatic carbocycles. The van der Waals surface area contributed by atoms with E-state index in [0.717, 1.165) is 5.56 Å². The molecule has 0 bridgehead atoms. The molecule has 0 radical (unpaired) electrons. The number of nitrogens with two attached hydrogens (primary N) is 1. The highest BCUT2D eigenvalue weighted by molar-refractivity contribution is 7.10. The fourth-order valence-electron chi connectivity index (χ4n) is 2.75. The van der Waals surface area contributed by atoms with Gasteiger partial charge in [0.1, 0.15) is 5.60 Å². The van der Waals surface area contributed by atoms with Crippen LogP contribution in [-0.2, 0) is 5.60 Å². The average molecular weight is 275 g/mol. The van der Waals surface area contributed by atoms with Gasteiger partial charge >= 0.3 is 5.97 Å². The molecule has 5 heteroatoms. The Morgan fingerprint density at radius 2 is 2.11 bits per heavy atom. The topological polar surface area (TPSA) is 83.5 Å². The number of benzene rings is 1. The lowest BCUT2D eigenvalue weighted by molar-refractivity contribution is 0.0644. The van der Waals surface area contributed by atoms with Crippen LogP contribution in [0.5, 0.6) is 0 Å². The maximum Gasteiger partial charge on any atom is 0.336 e. The molecule has 98 valence electrons. The van der Waals surface area contributed by atoms with Crippen LogP contribution in [-0.4, -0.2) is 16.2 Å². The molecule has 1 aromatic heterocycles. The summed E-state index contributed by atoms with van der Waals surface area (Å²) in [5.74, 6) is -1.03. The summed E-state index contributed by atoms with van der Waals surface area (Å²) in [7, 11) is 0. The molecular formula is C14H13NO3S. The maximum atomic E-state index is 11.2. The Balaban J connectivity index is 2.20. The summed E-state index contributed by atoms with van der Waals surface area (Å²) in [4.78, 5) is 11.7. The Labute approximate surface area is 114 Å². The van der Waals surface area contributed by atoms with Gasteiger partial charge in [-0.15, -0.1) is 11.3 Å². The number of aliphatic hydroxyl groups is 1. The molecule has 4 N–H and O–H groups in total. The summed E-state index contributed by atoms with van der Waals surface area (Å²) in [5, 5.41) is 21.9. The maximum absolute atomic E-state index is 11.2. The van der Waals surface area contributed by atoms with E-state index in [9.17, 15) is 15.0 Å². The molecule has 3 rings (SSSR count). The van der Waals surface area contributed by atoms with E-state index in [2.05, 4.69) is 0 Å². The summed E-state index contributed by atoms with van der Waals surface area (Å²) < 4.78 is 0. The van der Waals surface area contributed by atoms with Crippen LogP contribution in [0.15, 0.2) is 35.7 Å². The number of hydrogen-bond acceptors (Lipinski definition) is 4. The minimum Gasteiger partial charge on any atom is -0.478 e. The van der Waals surface area contributed by atoms with Crippen molar-refractivity contribution in [1.82, 2.24) is 0 Å². The van der Waals surface area contributed by atoms with Crippen molar-refractivity contribution >= 4 is 17.3 Å². The number of carbonyl (C=O) groups is 1. The molecule has 2 atom stereocenters. The van der Waals surface area contributed by atoms with Gasteiger partial charge in [0.05, 0.1) is 10.4 Å². The molecule has 1 heterocycles. The highest BCUT2D eigenvalue weighted by Crippen LogP contribution is 2.48. The first-order chi connectivity index (χ1) is 9.04. The molecule has 1 aliphatic carbocycles. The van der Waals surface area contributed by atoms with Gasteiger partial charge in [0.2, 0.25) is 0 Å². The van der Waals surface area contributed by atoms with E-state index in [0.29, 0.717) is 16.9 Å². The number of hydrogen-bond donors (Lipinski definition) is 3. The van der Waals surface area contributed by atoms with Crippen LogP contribution in [0.1, 0.15) is 38.8 Å². The Kier molecular flexibility index (Phi) is 2.70. The monoisotopic (exact) mass is 275 g/mol. The molecule has 2 aromatic rings. The van der Waals surface area contributed by atoms with Crippen molar-refractivity contribution in [2.45, 2.75) is 18.1 Å². The van der Waals surface area contributed by atoms with Crippen molar-refractivity contribution in [1.29, 1.82) is 0 Å². The first kappa shape index (κ1) is 12.3. The predicted octanol–water partition coefficient (Wildman–Crippen LogP) is 2.09. The van der Waals surface area contributed by atoms with Gasteiger partial charge in [-0.05, 0) is 22.6 Å². The van der Waals surface area contributed by atoms with E-state index in [-0.39, 0.29) is 11.6 Å². The largest absolute Gasteiger partial charge is 0.478 e. The lowest BCUT2D eigenvalue weighted by atomic mass is 9.92. The average Bonchev–Trinajstić information content (AvgIpc) is 2.96. The quantitative estimate of drug-likeness (QED) is 0.783. The Morgan fingerprint density at radius 1 is 1.37 bits per heavy atom. The lowest BCUT2D eigenvalue weighted by Gasteiger charge is -2.23. The van der Waals surface area contributed by atoms with Crippen LogP contribution in [0.25, 0.3) is 0 Å². The van der Waals surface area contributed by atoms with Crippen molar-refractivity contribution in [3.63, 3.8) is 0 Å². The van der Waals surface area contributed by atoms with E-state index in [1.165, 1.54) is 17.4 Å². The Morgan fingerprint density at radius 3 is 2.84 bits per heavy atom. The van der Waals surface area contributed by atoms with E-state index < -0.39 is 11.6 Å². The van der Waals surface area contributed by atoms with Crippen LogP contribution in [0.2, 0.25) is 0 Å². The first-order valence-electron chi connectivity index (χ1n) is 5.92. The number of thiophene rings is 1. The summed E-state index contributed by atoms with van der Waals surface area (Å²) in [6.07, 6.45) is 0.313. The number of fused-ring (bicyclic) bond motifs is 1. The minimum atomic E-state index is -1.29. The highest BCUT2D eigenvalue weighted by Gasteiger charge is 2.45. The first-order valence-corrected chi connectivity index (χ1v) is 6.80. The van der Waals surface area contributed by atoms with E-state index >= 15 is 0 Å². The van der Waals surface area contributed by atoms with Crippen LogP contribution in [0.4, 0.5) is 0 Å². The van der Waals surface area contributed by atoms with Crippen molar-refractivity contribution in [3.8, 4) is 0 Å². The third-order valence-corrected chi connectivity index (χ3v) is 4.66. The van der Waals surface area contributed by atoms with Crippen LogP contribution >= 0.6 is 11.3 Å². The predicted molar refractivity (Wildman–Crippen MR) is 72.3 cm³/mol. The van der Waals surface area contributed by atoms with Gasteiger partial charge in [0.25, 0.3) is 0 Å². The molecule has 0 spiro atoms. The van der Waals surface area contributed by atoms with Gasteiger partial charge < -0.3 is 15.9 Å². The number of carboxylic acids is 1. The number of aromatic carboxylic acids is 1. The zero-order valence-corrected chi connectivity index (χ0v) is 10.9. The van der Waals surface area contributed by atoms with Crippen molar-refractivity contribution in [3.05, 3.63) is 57.3 Å². The number of rotatable bonds is 2. The molecular weight excluding hydrogens is 262 g/mol. The van der Waals surface area contributed by atoms with Gasteiger partial charge in [-0.1, -0.05) is 24.3 Å². The summed E-state index contributed by atoms with van der Waals surface area (Å²) in [6, 6.07) is 8.64. The smallest absolute Gasteiger partial charge is 0.336 e. The SMILES string of the molecule is NC1CC(O)(c2sccc2C(=O)O)c2ccccc21. The van der Waals surface area contributed by atoms with Crippen molar-refractivity contribution in [2.24, 2.45) is 5.73 Å². The van der Waals surface area contributed by atoms with Gasteiger partial charge in [-0.25, -0.2) is 4.79 Å². The second kappa shape index (κ2) is 4.16. The van der Waals surface area contributed by atoms with Gasteiger partial charge in [0.15, 0.2) is 0 Å². The second-order valence-corrected chi connectivity index (χ2v) is 5.64. The zero-order valence-electron chi connectivity index (χ0n) is 10.0. The normalized spacial score (nSPS) is 25.3. The molecule has 2 unspecified atom stereocenters. The number of carboxylic acid groups (broad SMARTS) is 1. The molecule has 0 amide bonds. The van der Waals surface area contributed by atoms with Crippen LogP contribution < -0.4 is 5.73 Å². The summed E-state index contributed by atoms with van der Waals surface area (Å²) >= 11 is 1.25. The highest BCUT2D eigenvalue weighted by atomic mass is 32.1. The molecule has 4 nitrogen and oxygen atoms in total. The third-order valence-electron chi connectivity index (χ3n) is 3.59. The Hall–Kier alpha value is -1.69. The van der Waals surface area contributed by atoms with Crippen molar-refractivity contribution in [2.75, 3.05) is 0 Å². The van der Waals surface area contributed by atoms with Crippen LogP contribution in [0, 0.1) is 0 Å². The van der Waals surface area contributed by atoms with E-state index in [1.54, 1.807) is 5.38 Å². The fraction of sp³-hybridized carbons (Fsp3) is 0.214. The van der Waals surface area contributed by atoms with Gasteiger partial charge in [-0.3, -0.25) is 0 Å². The fourth-order valence-corrected chi connectivity index (χ4v) is 3.76. The van der Waals surface area contributed by atoms with Gasteiger partial charge in [-0.2, -0.15) is 0 Å².